The zero-order valence-electron chi connectivity index (χ0n) is 33.9. The van der Waals surface area contributed by atoms with E-state index >= 15 is 0 Å². The average Bonchev–Trinajstić information content (AvgIpc) is 3.04. The van der Waals surface area contributed by atoms with E-state index in [9.17, 15) is 0 Å². The summed E-state index contributed by atoms with van der Waals surface area (Å²) in [7, 11) is 0. The van der Waals surface area contributed by atoms with Crippen LogP contribution in [0.5, 0.6) is 0 Å². The molecular weight excluding hydrogens is 528 g/mol. The molecule has 0 nitrogen and oxygen atoms in total. The maximum Gasteiger partial charge on any atom is -0.0406 e. The van der Waals surface area contributed by atoms with Gasteiger partial charge in [0.25, 0.3) is 0 Å². The highest BCUT2D eigenvalue weighted by Crippen LogP contribution is 2.37. The van der Waals surface area contributed by atoms with Gasteiger partial charge in [0.05, 0.1) is 0 Å². The van der Waals surface area contributed by atoms with E-state index < -0.39 is 0 Å². The first-order chi connectivity index (χ1) is 21.1. The van der Waals surface area contributed by atoms with E-state index in [0.717, 1.165) is 59.2 Å². The molecule has 0 saturated carbocycles. The summed E-state index contributed by atoms with van der Waals surface area (Å²) in [6.45, 7) is 33.6. The van der Waals surface area contributed by atoms with Crippen LogP contribution in [0.2, 0.25) is 0 Å². The van der Waals surface area contributed by atoms with Gasteiger partial charge in [-0.2, -0.15) is 0 Å². The lowest BCUT2D eigenvalue weighted by Gasteiger charge is -2.31. The van der Waals surface area contributed by atoms with Crippen molar-refractivity contribution in [3.8, 4) is 0 Å². The van der Waals surface area contributed by atoms with Gasteiger partial charge in [0.1, 0.15) is 0 Å². The Balaban J connectivity index is 0. The predicted octanol–water partition coefficient (Wildman–Crippen LogP) is 16.2. The van der Waals surface area contributed by atoms with Gasteiger partial charge in [-0.3, -0.25) is 0 Å². The van der Waals surface area contributed by atoms with E-state index in [0.29, 0.717) is 0 Å². The molecule has 0 atom stereocenters. The molecule has 0 radical (unpaired) electrons. The zero-order valence-corrected chi connectivity index (χ0v) is 33.9. The lowest BCUT2D eigenvalue weighted by molar-refractivity contribution is 0.203. The van der Waals surface area contributed by atoms with Crippen LogP contribution in [-0.2, 0) is 0 Å². The maximum absolute atomic E-state index is 2.60. The van der Waals surface area contributed by atoms with Gasteiger partial charge in [-0.25, -0.2) is 0 Å². The fraction of sp³-hybridized carbons (Fsp3) is 1.00. The van der Waals surface area contributed by atoms with Crippen molar-refractivity contribution in [2.45, 2.75) is 225 Å². The van der Waals surface area contributed by atoms with Crippen molar-refractivity contribution in [2.75, 3.05) is 0 Å². The zero-order chi connectivity index (χ0) is 33.9. The van der Waals surface area contributed by atoms with Crippen molar-refractivity contribution in [1.82, 2.24) is 0 Å². The highest BCUT2D eigenvalue weighted by molar-refractivity contribution is 4.76. The summed E-state index contributed by atoms with van der Waals surface area (Å²) >= 11 is 0. The van der Waals surface area contributed by atoms with Crippen LogP contribution in [0.3, 0.4) is 0 Å². The Morgan fingerprint density at radius 2 is 0.341 bits per heavy atom. The van der Waals surface area contributed by atoms with Gasteiger partial charge in [0.2, 0.25) is 0 Å². The Kier molecular flexibility index (Phi) is 31.8. The number of rotatable bonds is 28. The van der Waals surface area contributed by atoms with Gasteiger partial charge in [0.15, 0.2) is 0 Å². The summed E-state index contributed by atoms with van der Waals surface area (Å²) in [4.78, 5) is 0. The fourth-order valence-corrected chi connectivity index (χ4v) is 8.66. The average molecular weight is 621 g/mol. The molecule has 0 bridgehead atoms. The molecule has 0 spiro atoms. The van der Waals surface area contributed by atoms with Crippen molar-refractivity contribution in [3.05, 3.63) is 0 Å². The molecule has 0 fully saturated rings. The Hall–Kier alpha value is 0. The summed E-state index contributed by atoms with van der Waals surface area (Å²) in [6.07, 6.45) is 28.2. The molecule has 0 aromatic heterocycles. The first kappa shape index (κ1) is 46.1. The van der Waals surface area contributed by atoms with Crippen molar-refractivity contribution in [3.63, 3.8) is 0 Å². The van der Waals surface area contributed by atoms with Crippen LogP contribution in [-0.4, -0.2) is 0 Å². The van der Waals surface area contributed by atoms with E-state index in [4.69, 9.17) is 0 Å². The highest BCUT2D eigenvalue weighted by atomic mass is 14.3. The van der Waals surface area contributed by atoms with Crippen molar-refractivity contribution in [1.29, 1.82) is 0 Å². The highest BCUT2D eigenvalue weighted by Gasteiger charge is 2.24. The third-order valence-electron chi connectivity index (χ3n) is 12.5. The first-order valence-corrected chi connectivity index (χ1v) is 21.1. The molecule has 268 valence electrons. The van der Waals surface area contributed by atoms with Gasteiger partial charge in [0, 0.05) is 0 Å². The molecule has 0 aliphatic rings. The topological polar surface area (TPSA) is 0 Å². The second-order valence-electron chi connectivity index (χ2n) is 15.9. The van der Waals surface area contributed by atoms with Crippen LogP contribution >= 0.6 is 0 Å². The first-order valence-electron chi connectivity index (χ1n) is 21.1. The Morgan fingerprint density at radius 3 is 0.500 bits per heavy atom. The van der Waals surface area contributed by atoms with E-state index in [-0.39, 0.29) is 0 Å². The molecular formula is C44H92. The van der Waals surface area contributed by atoms with E-state index in [2.05, 4.69) is 96.9 Å². The van der Waals surface area contributed by atoms with E-state index in [1.54, 1.807) is 0 Å². The molecule has 0 aliphatic carbocycles. The number of hydrogen-bond donors (Lipinski definition) is 0. The molecule has 0 heteroatoms. The third-order valence-corrected chi connectivity index (χ3v) is 12.5. The molecule has 0 aromatic carbocycles. The molecule has 0 unspecified atom stereocenters. The van der Waals surface area contributed by atoms with Crippen molar-refractivity contribution >= 4 is 0 Å². The van der Waals surface area contributed by atoms with Crippen LogP contribution in [0.15, 0.2) is 0 Å². The van der Waals surface area contributed by atoms with Crippen LogP contribution in [0.25, 0.3) is 0 Å². The SMILES string of the molecule is CCC(CC)CC(C)CC(CC)CC.CCC(CC)CC(CC(C)CC(CC(CC)CC)CC(CC)CC)CC(CC)CC. The standard InChI is InChI=1S/C30H62.C14H30/c1-10-25(11-2)20-29(21-26(12-3)13-4)18-24(9)19-30(22-27(14-5)15-6)23-28(16-7)17-8;1-6-13(7-2)10-12(5)11-14(8-3)9-4/h24-30H,10-23H2,1-9H3;12-14H,6-11H2,1-5H3. The minimum atomic E-state index is 0.896. The predicted molar refractivity (Wildman–Crippen MR) is 207 cm³/mol. The Morgan fingerprint density at radius 1 is 0.205 bits per heavy atom. The summed E-state index contributed by atoms with van der Waals surface area (Å²) in [5, 5.41) is 0. The minimum absolute atomic E-state index is 0.896. The van der Waals surface area contributed by atoms with Gasteiger partial charge in [-0.05, 0) is 111 Å². The summed E-state index contributed by atoms with van der Waals surface area (Å²) in [5.74, 6) is 9.47. The van der Waals surface area contributed by atoms with Gasteiger partial charge < -0.3 is 0 Å². The molecule has 0 aromatic rings. The summed E-state index contributed by atoms with van der Waals surface area (Å²) in [6, 6.07) is 0. The summed E-state index contributed by atoms with van der Waals surface area (Å²) < 4.78 is 0. The second-order valence-corrected chi connectivity index (χ2v) is 15.9. The fourth-order valence-electron chi connectivity index (χ4n) is 8.66. The molecule has 0 saturated heterocycles. The van der Waals surface area contributed by atoms with Crippen LogP contribution < -0.4 is 0 Å². The quantitative estimate of drug-likeness (QED) is 0.0816. The molecule has 0 aliphatic heterocycles. The molecule has 44 heavy (non-hydrogen) atoms. The van der Waals surface area contributed by atoms with Gasteiger partial charge >= 0.3 is 0 Å². The van der Waals surface area contributed by atoms with Crippen LogP contribution in [0.4, 0.5) is 0 Å². The largest absolute Gasteiger partial charge is 0.0651 e. The van der Waals surface area contributed by atoms with Crippen LogP contribution in [0, 0.1) is 59.2 Å². The van der Waals surface area contributed by atoms with Crippen molar-refractivity contribution < 1.29 is 0 Å². The molecule has 0 heterocycles. The lowest BCUT2D eigenvalue weighted by Crippen LogP contribution is -2.19. The molecule has 0 rings (SSSR count). The van der Waals surface area contributed by atoms with Gasteiger partial charge in [-0.1, -0.05) is 174 Å². The van der Waals surface area contributed by atoms with E-state index in [1.807, 2.05) is 0 Å². The maximum atomic E-state index is 2.60. The molecule has 0 N–H and O–H groups in total. The van der Waals surface area contributed by atoms with Crippen LogP contribution in [0.1, 0.15) is 225 Å². The third kappa shape index (κ3) is 22.5. The van der Waals surface area contributed by atoms with E-state index in [1.165, 1.54) is 128 Å². The Labute approximate surface area is 283 Å². The van der Waals surface area contributed by atoms with Crippen molar-refractivity contribution in [2.24, 2.45) is 59.2 Å². The second kappa shape index (κ2) is 30.3. The smallest absolute Gasteiger partial charge is 0.0406 e. The monoisotopic (exact) mass is 621 g/mol. The van der Waals surface area contributed by atoms with Gasteiger partial charge in [-0.15, -0.1) is 0 Å². The normalized spacial score (nSPS) is 12.5. The Bertz CT molecular complexity index is 464. The molecule has 0 amide bonds. The summed E-state index contributed by atoms with van der Waals surface area (Å²) in [5.41, 5.74) is 0. The minimum Gasteiger partial charge on any atom is -0.0651 e. The number of hydrogen-bond acceptors (Lipinski definition) is 0. The lowest BCUT2D eigenvalue weighted by atomic mass is 9.75.